The van der Waals surface area contributed by atoms with E-state index < -0.39 is 17.5 Å². The molecule has 2 amide bonds. The first kappa shape index (κ1) is 21.5. The van der Waals surface area contributed by atoms with E-state index in [1.165, 1.54) is 21.7 Å². The molecule has 8 nitrogen and oxygen atoms in total. The minimum absolute atomic E-state index is 0.0238. The molecule has 3 aromatic rings. The zero-order valence-electron chi connectivity index (χ0n) is 17.1. The summed E-state index contributed by atoms with van der Waals surface area (Å²) in [6.45, 7) is 0.0491. The van der Waals surface area contributed by atoms with Gasteiger partial charge in [-0.15, -0.1) is 0 Å². The topological polar surface area (TPSA) is 102 Å². The van der Waals surface area contributed by atoms with Crippen molar-refractivity contribution in [2.24, 2.45) is 0 Å². The first-order valence-electron chi connectivity index (χ1n) is 10.1. The molecule has 0 bridgehead atoms. The molecule has 2 aromatic carbocycles. The lowest BCUT2D eigenvalue weighted by Gasteiger charge is -2.35. The van der Waals surface area contributed by atoms with Crippen molar-refractivity contribution in [3.05, 3.63) is 63.9 Å². The number of ether oxygens (including phenoxy) is 1. The van der Waals surface area contributed by atoms with Crippen molar-refractivity contribution in [1.29, 1.82) is 0 Å². The third-order valence-corrected chi connectivity index (χ3v) is 6.59. The van der Waals surface area contributed by atoms with Gasteiger partial charge < -0.3 is 15.4 Å². The van der Waals surface area contributed by atoms with Crippen molar-refractivity contribution in [3.63, 3.8) is 0 Å². The summed E-state index contributed by atoms with van der Waals surface area (Å²) in [7, 11) is 0. The van der Waals surface area contributed by atoms with Crippen molar-refractivity contribution in [3.8, 4) is 11.3 Å². The number of hydrogen-bond acceptors (Lipinski definition) is 5. The molecule has 2 aliphatic rings. The van der Waals surface area contributed by atoms with Crippen LogP contribution in [0.5, 0.6) is 0 Å². The van der Waals surface area contributed by atoms with Gasteiger partial charge in [0.2, 0.25) is 5.91 Å². The molecule has 1 spiro atoms. The highest BCUT2D eigenvalue weighted by Gasteiger charge is 2.50. The average Bonchev–Trinajstić information content (AvgIpc) is 3.33. The van der Waals surface area contributed by atoms with E-state index in [0.717, 1.165) is 5.56 Å². The second kappa shape index (κ2) is 7.93. The summed E-state index contributed by atoms with van der Waals surface area (Å²) < 4.78 is 21.8. The van der Waals surface area contributed by atoms with E-state index >= 15 is 0 Å². The van der Waals surface area contributed by atoms with Crippen molar-refractivity contribution in [2.45, 2.75) is 18.6 Å². The number of nitrogens with zero attached hydrogens (tertiary/aromatic N) is 3. The predicted octanol–water partition coefficient (Wildman–Crippen LogP) is 4.27. The fourth-order valence-corrected chi connectivity index (χ4v) is 4.73. The molecule has 170 valence electrons. The van der Waals surface area contributed by atoms with Crippen LogP contribution >= 0.6 is 23.2 Å². The van der Waals surface area contributed by atoms with E-state index in [4.69, 9.17) is 33.7 Å². The number of nitrogen functional groups attached to an aromatic ring is 1. The number of hydrogen-bond donors (Lipinski definition) is 2. The van der Waals surface area contributed by atoms with E-state index in [2.05, 4.69) is 10.4 Å². The molecule has 0 aliphatic carbocycles. The van der Waals surface area contributed by atoms with Crippen LogP contribution in [0.2, 0.25) is 10.0 Å². The molecule has 5 rings (SSSR count). The highest BCUT2D eigenvalue weighted by atomic mass is 35.5. The third kappa shape index (κ3) is 3.57. The lowest BCUT2D eigenvalue weighted by atomic mass is 9.89. The number of carbonyl (C=O) groups is 2. The SMILES string of the molecule is Nc1c(Cl)c(-c2ccccc2)nn1CC(=O)N1CC[C@@]2(C1)OC(=O)Nc1ccc(Cl)c(F)c12. The maximum Gasteiger partial charge on any atom is 0.412 e. The second-order valence-electron chi connectivity index (χ2n) is 7.93. The maximum atomic E-state index is 14.9. The summed E-state index contributed by atoms with van der Waals surface area (Å²) in [6.07, 6.45) is -0.491. The van der Waals surface area contributed by atoms with Gasteiger partial charge in [-0.2, -0.15) is 5.10 Å². The Balaban J connectivity index is 1.40. The molecule has 2 aliphatic heterocycles. The first-order valence-corrected chi connectivity index (χ1v) is 10.9. The summed E-state index contributed by atoms with van der Waals surface area (Å²) in [5, 5.41) is 7.06. The molecule has 1 aromatic heterocycles. The molecular weight excluding hydrogens is 472 g/mol. The Labute approximate surface area is 198 Å². The molecule has 1 atom stereocenters. The van der Waals surface area contributed by atoms with Gasteiger partial charge in [-0.1, -0.05) is 53.5 Å². The number of nitrogens with two attached hydrogens (primary N) is 1. The van der Waals surface area contributed by atoms with E-state index in [1.54, 1.807) is 0 Å². The molecule has 0 saturated carbocycles. The standard InChI is InChI=1S/C22H18Cl2FN5O3/c23-13-6-7-14-16(18(13)25)22(33-21(32)27-14)8-9-29(11-22)15(31)10-30-20(26)17(24)19(28-30)12-4-2-1-3-5-12/h1-7H,8-11,26H2,(H,27,32)/t22-/m0/s1. The van der Waals surface area contributed by atoms with Gasteiger partial charge in [0.1, 0.15) is 23.1 Å². The van der Waals surface area contributed by atoms with Crippen molar-refractivity contribution >= 4 is 46.7 Å². The molecule has 0 unspecified atom stereocenters. The first-order chi connectivity index (χ1) is 15.8. The van der Waals surface area contributed by atoms with Crippen LogP contribution in [0, 0.1) is 5.82 Å². The smallest absolute Gasteiger partial charge is 0.412 e. The quantitative estimate of drug-likeness (QED) is 0.571. The third-order valence-electron chi connectivity index (χ3n) is 5.92. The molecule has 0 radical (unpaired) electrons. The molecule has 3 heterocycles. The van der Waals surface area contributed by atoms with Gasteiger partial charge in [0.05, 0.1) is 22.8 Å². The Kier molecular flexibility index (Phi) is 5.18. The lowest BCUT2D eigenvalue weighted by Crippen LogP contribution is -2.44. The summed E-state index contributed by atoms with van der Waals surface area (Å²) >= 11 is 12.3. The monoisotopic (exact) mass is 489 g/mol. The van der Waals surface area contributed by atoms with Gasteiger partial charge in [-0.25, -0.2) is 13.9 Å². The van der Waals surface area contributed by atoms with Gasteiger partial charge in [0.15, 0.2) is 11.4 Å². The average molecular weight is 490 g/mol. The summed E-state index contributed by atoms with van der Waals surface area (Å²) in [4.78, 5) is 26.7. The number of benzene rings is 2. The predicted molar refractivity (Wildman–Crippen MR) is 121 cm³/mol. The summed E-state index contributed by atoms with van der Waals surface area (Å²) in [6, 6.07) is 12.1. The number of halogens is 3. The minimum atomic E-state index is -1.33. The molecular formula is C22H18Cl2FN5O3. The van der Waals surface area contributed by atoms with E-state index in [0.29, 0.717) is 5.69 Å². The second-order valence-corrected chi connectivity index (χ2v) is 8.71. The molecule has 1 fully saturated rings. The summed E-state index contributed by atoms with van der Waals surface area (Å²) in [5.41, 5.74) is 6.42. The number of anilines is 2. The molecule has 3 N–H and O–H groups in total. The fraction of sp³-hybridized carbons (Fsp3) is 0.227. The van der Waals surface area contributed by atoms with Crippen LogP contribution < -0.4 is 11.1 Å². The zero-order valence-corrected chi connectivity index (χ0v) is 18.7. The zero-order chi connectivity index (χ0) is 23.3. The Morgan fingerprint density at radius 2 is 2.00 bits per heavy atom. The van der Waals surface area contributed by atoms with Crippen molar-refractivity contribution in [2.75, 3.05) is 24.1 Å². The van der Waals surface area contributed by atoms with Crippen LogP contribution in [0.3, 0.4) is 0 Å². The van der Waals surface area contributed by atoms with Gasteiger partial charge in [0, 0.05) is 18.5 Å². The summed E-state index contributed by atoms with van der Waals surface area (Å²) in [5.74, 6) is -0.843. The lowest BCUT2D eigenvalue weighted by molar-refractivity contribution is -0.132. The van der Waals surface area contributed by atoms with Crippen LogP contribution in [-0.2, 0) is 21.7 Å². The van der Waals surface area contributed by atoms with Crippen molar-refractivity contribution in [1.82, 2.24) is 14.7 Å². The van der Waals surface area contributed by atoms with Crippen LogP contribution in [-0.4, -0.2) is 39.8 Å². The van der Waals surface area contributed by atoms with Gasteiger partial charge in [-0.3, -0.25) is 10.1 Å². The number of nitrogens with one attached hydrogen (secondary N) is 1. The van der Waals surface area contributed by atoms with Crippen LogP contribution in [0.25, 0.3) is 11.3 Å². The normalized spacial score (nSPS) is 19.4. The van der Waals surface area contributed by atoms with Crippen molar-refractivity contribution < 1.29 is 18.7 Å². The number of aromatic nitrogens is 2. The minimum Gasteiger partial charge on any atom is -0.436 e. The number of rotatable bonds is 3. The van der Waals surface area contributed by atoms with Gasteiger partial charge in [0.25, 0.3) is 0 Å². The Bertz CT molecular complexity index is 1280. The maximum absolute atomic E-state index is 14.9. The largest absolute Gasteiger partial charge is 0.436 e. The molecule has 33 heavy (non-hydrogen) atoms. The Hall–Kier alpha value is -3.30. The Morgan fingerprint density at radius 1 is 1.24 bits per heavy atom. The van der Waals surface area contributed by atoms with Crippen LogP contribution in [0.1, 0.15) is 12.0 Å². The van der Waals surface area contributed by atoms with Gasteiger partial charge in [-0.05, 0) is 12.1 Å². The van der Waals surface area contributed by atoms with E-state index in [9.17, 15) is 14.0 Å². The highest BCUT2D eigenvalue weighted by Crippen LogP contribution is 2.45. The number of likely N-dealkylation sites (tertiary alicyclic amines) is 1. The van der Waals surface area contributed by atoms with Gasteiger partial charge >= 0.3 is 6.09 Å². The molecule has 1 saturated heterocycles. The van der Waals surface area contributed by atoms with Crippen LogP contribution in [0.15, 0.2) is 42.5 Å². The highest BCUT2D eigenvalue weighted by molar-refractivity contribution is 6.35. The number of carbonyl (C=O) groups excluding carboxylic acids is 2. The van der Waals surface area contributed by atoms with E-state index in [-0.39, 0.29) is 59.1 Å². The van der Waals surface area contributed by atoms with Crippen LogP contribution in [0.4, 0.5) is 20.7 Å². The van der Waals surface area contributed by atoms with E-state index in [1.807, 2.05) is 30.3 Å². The number of amides is 2. The molecule has 11 heteroatoms. The Morgan fingerprint density at radius 3 is 2.76 bits per heavy atom. The number of fused-ring (bicyclic) bond motifs is 2. The fourth-order valence-electron chi connectivity index (χ4n) is 4.33.